The van der Waals surface area contributed by atoms with Crippen LogP contribution in [0.5, 0.6) is 0 Å². The molecular formula is C54H52N6. The predicted molar refractivity (Wildman–Crippen MR) is 251 cm³/mol. The smallest absolute Gasteiger partial charge is 0.160 e. The van der Waals surface area contributed by atoms with E-state index < -0.39 is 0 Å². The lowest BCUT2D eigenvalue weighted by Crippen LogP contribution is -2.53. The minimum atomic E-state index is -0.300. The Morgan fingerprint density at radius 1 is 0.333 bits per heavy atom. The van der Waals surface area contributed by atoms with Gasteiger partial charge in [0.15, 0.2) is 5.82 Å². The van der Waals surface area contributed by atoms with Crippen LogP contribution >= 0.6 is 0 Å². The van der Waals surface area contributed by atoms with E-state index in [9.17, 15) is 0 Å². The van der Waals surface area contributed by atoms with Crippen LogP contribution in [0.2, 0.25) is 0 Å². The molecule has 0 radical (unpaired) electrons. The molecule has 0 fully saturated rings. The van der Waals surface area contributed by atoms with E-state index in [4.69, 9.17) is 20.0 Å². The molecule has 7 aromatic rings. The summed E-state index contributed by atoms with van der Waals surface area (Å²) in [5, 5.41) is 0. The number of hydrogen-bond donors (Lipinski definition) is 0. The molecule has 0 N–H and O–H groups in total. The van der Waals surface area contributed by atoms with Crippen molar-refractivity contribution in [2.24, 2.45) is 9.98 Å². The molecule has 6 aromatic carbocycles. The fourth-order valence-corrected chi connectivity index (χ4v) is 8.31. The highest BCUT2D eigenvalue weighted by Gasteiger charge is 2.51. The van der Waals surface area contributed by atoms with Crippen molar-refractivity contribution in [1.29, 1.82) is 0 Å². The van der Waals surface area contributed by atoms with Gasteiger partial charge in [-0.15, -0.1) is 0 Å². The molecule has 1 aromatic heterocycles. The largest absolute Gasteiger partial charge is 0.318 e. The highest BCUT2D eigenvalue weighted by molar-refractivity contribution is 6.13. The number of aliphatic imine (C=N–C) groups is 2. The maximum Gasteiger partial charge on any atom is 0.160 e. The first-order valence-corrected chi connectivity index (χ1v) is 20.9. The highest BCUT2D eigenvalue weighted by atomic mass is 15.3. The Hall–Kier alpha value is -6.66. The fourth-order valence-electron chi connectivity index (χ4n) is 8.31. The van der Waals surface area contributed by atoms with E-state index in [1.807, 2.05) is 12.1 Å². The van der Waals surface area contributed by atoms with Crippen molar-refractivity contribution in [1.82, 2.24) is 9.97 Å². The third-order valence-corrected chi connectivity index (χ3v) is 13.2. The molecule has 0 saturated carbocycles. The third kappa shape index (κ3) is 6.70. The highest BCUT2D eigenvalue weighted by Crippen LogP contribution is 2.44. The molecule has 60 heavy (non-hydrogen) atoms. The molecule has 2 aliphatic rings. The Morgan fingerprint density at radius 3 is 1.05 bits per heavy atom. The van der Waals surface area contributed by atoms with Crippen LogP contribution in [0.15, 0.2) is 180 Å². The van der Waals surface area contributed by atoms with Crippen LogP contribution in [0.4, 0.5) is 11.4 Å². The second-order valence-electron chi connectivity index (χ2n) is 18.0. The molecule has 0 atom stereocenters. The molecule has 3 heterocycles. The first-order valence-electron chi connectivity index (χ1n) is 20.9. The van der Waals surface area contributed by atoms with E-state index in [0.29, 0.717) is 5.82 Å². The average molecular weight is 785 g/mol. The number of benzene rings is 6. The molecule has 9 rings (SSSR count). The van der Waals surface area contributed by atoms with Crippen molar-refractivity contribution in [3.63, 3.8) is 0 Å². The summed E-state index contributed by atoms with van der Waals surface area (Å²) in [5.74, 6) is 2.63. The summed E-state index contributed by atoms with van der Waals surface area (Å²) < 4.78 is 0. The summed E-state index contributed by atoms with van der Waals surface area (Å²) in [4.78, 5) is 25.8. The topological polar surface area (TPSA) is 57.0 Å². The zero-order chi connectivity index (χ0) is 41.9. The van der Waals surface area contributed by atoms with Crippen LogP contribution in [-0.2, 0) is 0 Å². The predicted octanol–water partition coefficient (Wildman–Crippen LogP) is 12.8. The normalized spacial score (nSPS) is 17.3. The van der Waals surface area contributed by atoms with Gasteiger partial charge in [0.1, 0.15) is 11.7 Å². The number of amidine groups is 2. The minimum absolute atomic E-state index is 0.263. The number of hydrogen-bond acceptors (Lipinski definition) is 6. The van der Waals surface area contributed by atoms with E-state index in [2.05, 4.69) is 223 Å². The van der Waals surface area contributed by atoms with E-state index in [1.165, 1.54) is 5.56 Å². The molecule has 0 amide bonds. The number of nitrogens with zero attached hydrogens (tertiary/aromatic N) is 6. The van der Waals surface area contributed by atoms with Crippen molar-refractivity contribution in [2.45, 2.75) is 77.5 Å². The molecule has 0 saturated heterocycles. The van der Waals surface area contributed by atoms with Gasteiger partial charge in [-0.25, -0.2) is 9.97 Å². The quantitative estimate of drug-likeness (QED) is 0.154. The fraction of sp³-hybridized carbons (Fsp3) is 0.222. The van der Waals surface area contributed by atoms with Crippen molar-refractivity contribution in [3.05, 3.63) is 181 Å². The maximum atomic E-state index is 5.28. The second kappa shape index (κ2) is 14.6. The summed E-state index contributed by atoms with van der Waals surface area (Å²) in [5.41, 5.74) is 10.3. The van der Waals surface area contributed by atoms with Gasteiger partial charge in [0, 0.05) is 39.2 Å². The zero-order valence-corrected chi connectivity index (χ0v) is 35.8. The first-order chi connectivity index (χ1) is 28.7. The molecular weight excluding hydrogens is 733 g/mol. The third-order valence-electron chi connectivity index (χ3n) is 13.2. The van der Waals surface area contributed by atoms with E-state index >= 15 is 0 Å². The minimum Gasteiger partial charge on any atom is -0.318 e. The van der Waals surface area contributed by atoms with Gasteiger partial charge >= 0.3 is 0 Å². The van der Waals surface area contributed by atoms with E-state index in [1.54, 1.807) is 0 Å². The Morgan fingerprint density at radius 2 is 0.650 bits per heavy atom. The van der Waals surface area contributed by atoms with Crippen LogP contribution in [-0.4, -0.2) is 43.8 Å². The SMILES string of the molecule is CC1(C)N=C(c2ccccc2)N(c2ccc(-c3cc(-c4ccc(-c5ccccc5)cc4)nc(-c4ccc(N5C(c6ccccc6)=NC(C)(C)C5(C)C)cc4)n3)cc2)C1(C)C. The van der Waals surface area contributed by atoms with Gasteiger partial charge in [0.05, 0.1) is 33.5 Å². The first kappa shape index (κ1) is 38.8. The summed E-state index contributed by atoms with van der Waals surface area (Å²) in [7, 11) is 0. The molecule has 0 aliphatic carbocycles. The Labute approximate surface area is 355 Å². The number of anilines is 2. The maximum absolute atomic E-state index is 5.28. The molecule has 2 aliphatic heterocycles. The van der Waals surface area contributed by atoms with Gasteiger partial charge in [-0.1, -0.05) is 127 Å². The Balaban J connectivity index is 1.11. The van der Waals surface area contributed by atoms with E-state index in [-0.39, 0.29) is 22.2 Å². The molecule has 298 valence electrons. The molecule has 0 bridgehead atoms. The van der Waals surface area contributed by atoms with Crippen LogP contribution in [0, 0.1) is 0 Å². The van der Waals surface area contributed by atoms with Gasteiger partial charge in [-0.3, -0.25) is 9.98 Å². The van der Waals surface area contributed by atoms with Gasteiger partial charge in [-0.05, 0) is 109 Å². The zero-order valence-electron chi connectivity index (χ0n) is 35.8. The molecule has 0 unspecified atom stereocenters. The average Bonchev–Trinajstić information content (AvgIpc) is 3.59. The van der Waals surface area contributed by atoms with Gasteiger partial charge in [0.2, 0.25) is 0 Å². The number of rotatable bonds is 8. The monoisotopic (exact) mass is 784 g/mol. The van der Waals surface area contributed by atoms with Crippen molar-refractivity contribution in [2.75, 3.05) is 9.80 Å². The summed E-state index contributed by atoms with van der Waals surface area (Å²) in [6.07, 6.45) is 0. The summed E-state index contributed by atoms with van der Waals surface area (Å²) >= 11 is 0. The Bertz CT molecular complexity index is 2570. The van der Waals surface area contributed by atoms with Gasteiger partial charge in [-0.2, -0.15) is 0 Å². The van der Waals surface area contributed by atoms with Crippen molar-refractivity contribution in [3.8, 4) is 45.0 Å². The lowest BCUT2D eigenvalue weighted by molar-refractivity contribution is 0.338. The van der Waals surface area contributed by atoms with Crippen LogP contribution in [0.3, 0.4) is 0 Å². The Kier molecular flexibility index (Phi) is 9.42. The van der Waals surface area contributed by atoms with Gasteiger partial charge in [0.25, 0.3) is 0 Å². The van der Waals surface area contributed by atoms with Crippen LogP contribution in [0.1, 0.15) is 66.5 Å². The van der Waals surface area contributed by atoms with Crippen LogP contribution < -0.4 is 9.80 Å². The standard InChI is InChI=1S/C54H52N6/c1-51(2)53(5,6)59(49(57-51)42-20-14-10-15-21-42)44-32-28-40(29-33-44)47-36-46(39-26-24-38(25-27-39)37-18-12-9-13-19-37)55-48(56-47)41-30-34-45(35-31-41)60-50(43-22-16-11-17-23-43)58-52(3,4)54(60,7)8/h9-36H,1-8H3. The summed E-state index contributed by atoms with van der Waals surface area (Å²) in [6, 6.07) is 59.6. The van der Waals surface area contributed by atoms with Crippen LogP contribution in [0.25, 0.3) is 45.0 Å². The second-order valence-corrected chi connectivity index (χ2v) is 18.0. The lowest BCUT2D eigenvalue weighted by Gasteiger charge is -2.41. The summed E-state index contributed by atoms with van der Waals surface area (Å²) in [6.45, 7) is 18.0. The lowest BCUT2D eigenvalue weighted by atomic mass is 9.83. The molecule has 6 nitrogen and oxygen atoms in total. The van der Waals surface area contributed by atoms with Gasteiger partial charge < -0.3 is 9.80 Å². The van der Waals surface area contributed by atoms with Crippen molar-refractivity contribution >= 4 is 23.0 Å². The number of aromatic nitrogens is 2. The molecule has 6 heteroatoms. The van der Waals surface area contributed by atoms with E-state index in [0.717, 1.165) is 67.8 Å². The van der Waals surface area contributed by atoms with Crippen molar-refractivity contribution < 1.29 is 0 Å². The molecule has 0 spiro atoms.